The summed E-state index contributed by atoms with van der Waals surface area (Å²) in [4.78, 5) is 6.49. The fourth-order valence-electron chi connectivity index (χ4n) is 2.36. The number of aliphatic hydroxyl groups excluding tert-OH is 1. The molecule has 4 heteroatoms. The van der Waals surface area contributed by atoms with Crippen molar-refractivity contribution in [3.63, 3.8) is 0 Å². The van der Waals surface area contributed by atoms with Crippen LogP contribution in [0.4, 0.5) is 0 Å². The van der Waals surface area contributed by atoms with Crippen LogP contribution in [0.25, 0.3) is 0 Å². The third-order valence-electron chi connectivity index (χ3n) is 3.25. The van der Waals surface area contributed by atoms with Gasteiger partial charge < -0.3 is 9.84 Å². The lowest BCUT2D eigenvalue weighted by atomic mass is 10.2. The average Bonchev–Trinajstić information content (AvgIpc) is 2.90. The van der Waals surface area contributed by atoms with Gasteiger partial charge in [0, 0.05) is 45.2 Å². The van der Waals surface area contributed by atoms with Crippen molar-refractivity contribution in [3.8, 4) is 0 Å². The fourth-order valence-corrected chi connectivity index (χ4v) is 2.36. The molecule has 1 N–H and O–H groups in total. The smallest absolute Gasteiger partial charge is 0.0702 e. The number of pyridine rings is 1. The largest absolute Gasteiger partial charge is 0.396 e. The van der Waals surface area contributed by atoms with Crippen molar-refractivity contribution < 1.29 is 9.84 Å². The summed E-state index contributed by atoms with van der Waals surface area (Å²) in [5, 5.41) is 8.97. The van der Waals surface area contributed by atoms with Crippen LogP contribution < -0.4 is 0 Å². The van der Waals surface area contributed by atoms with Crippen LogP contribution >= 0.6 is 0 Å². The van der Waals surface area contributed by atoms with Crippen molar-refractivity contribution >= 4 is 0 Å². The van der Waals surface area contributed by atoms with E-state index in [9.17, 15) is 0 Å². The second kappa shape index (κ2) is 7.46. The predicted molar refractivity (Wildman–Crippen MR) is 70.2 cm³/mol. The Bertz CT molecular complexity index is 326. The summed E-state index contributed by atoms with van der Waals surface area (Å²) in [5.41, 5.74) is 1.22. The Morgan fingerprint density at radius 3 is 3.11 bits per heavy atom. The molecule has 1 aliphatic rings. The Labute approximate surface area is 109 Å². The lowest BCUT2D eigenvalue weighted by molar-refractivity contribution is 0.0681. The maximum absolute atomic E-state index is 8.97. The minimum Gasteiger partial charge on any atom is -0.396 e. The monoisotopic (exact) mass is 250 g/mol. The predicted octanol–water partition coefficient (Wildman–Crippen LogP) is 1.45. The summed E-state index contributed by atoms with van der Waals surface area (Å²) >= 11 is 0. The van der Waals surface area contributed by atoms with Crippen molar-refractivity contribution in [2.75, 3.05) is 26.3 Å². The molecule has 4 nitrogen and oxygen atoms in total. The quantitative estimate of drug-likeness (QED) is 0.795. The van der Waals surface area contributed by atoms with Gasteiger partial charge >= 0.3 is 0 Å². The molecule has 0 radical (unpaired) electrons. The van der Waals surface area contributed by atoms with Crippen LogP contribution in [0.3, 0.4) is 0 Å². The molecule has 1 unspecified atom stereocenters. The van der Waals surface area contributed by atoms with E-state index >= 15 is 0 Å². The summed E-state index contributed by atoms with van der Waals surface area (Å²) in [6.07, 6.45) is 7.20. The van der Waals surface area contributed by atoms with E-state index in [1.165, 1.54) is 12.0 Å². The molecular formula is C14H22N2O2. The van der Waals surface area contributed by atoms with Crippen LogP contribution in [-0.4, -0.2) is 47.4 Å². The molecule has 1 aliphatic heterocycles. The summed E-state index contributed by atoms with van der Waals surface area (Å²) in [6.45, 7) is 3.88. The van der Waals surface area contributed by atoms with E-state index in [2.05, 4.69) is 16.0 Å². The first-order valence-electron chi connectivity index (χ1n) is 6.72. The molecule has 100 valence electrons. The van der Waals surface area contributed by atoms with Gasteiger partial charge in [-0.15, -0.1) is 0 Å². The van der Waals surface area contributed by atoms with Gasteiger partial charge in [0.25, 0.3) is 0 Å². The van der Waals surface area contributed by atoms with Gasteiger partial charge in [0.05, 0.1) is 6.10 Å². The van der Waals surface area contributed by atoms with Gasteiger partial charge in [-0.05, 0) is 30.9 Å². The molecule has 0 bridgehead atoms. The van der Waals surface area contributed by atoms with Crippen molar-refractivity contribution in [3.05, 3.63) is 30.1 Å². The van der Waals surface area contributed by atoms with Gasteiger partial charge in [0.1, 0.15) is 0 Å². The number of nitrogens with zero attached hydrogens (tertiary/aromatic N) is 2. The Morgan fingerprint density at radius 2 is 2.44 bits per heavy atom. The van der Waals surface area contributed by atoms with Crippen molar-refractivity contribution in [1.82, 2.24) is 9.88 Å². The minimum atomic E-state index is 0.245. The Balaban J connectivity index is 1.87. The third-order valence-corrected chi connectivity index (χ3v) is 3.25. The highest BCUT2D eigenvalue weighted by Crippen LogP contribution is 2.15. The Morgan fingerprint density at radius 1 is 1.50 bits per heavy atom. The van der Waals surface area contributed by atoms with Crippen LogP contribution in [0.1, 0.15) is 24.8 Å². The van der Waals surface area contributed by atoms with Crippen LogP contribution in [0.5, 0.6) is 0 Å². The molecule has 0 aliphatic carbocycles. The van der Waals surface area contributed by atoms with Crippen LogP contribution in [0, 0.1) is 0 Å². The van der Waals surface area contributed by atoms with E-state index < -0.39 is 0 Å². The lowest BCUT2D eigenvalue weighted by Crippen LogP contribution is -2.33. The maximum atomic E-state index is 8.97. The van der Waals surface area contributed by atoms with Crippen LogP contribution in [0.15, 0.2) is 24.5 Å². The van der Waals surface area contributed by atoms with Crippen LogP contribution in [-0.2, 0) is 11.3 Å². The summed E-state index contributed by atoms with van der Waals surface area (Å²) in [5.74, 6) is 0. The molecular weight excluding hydrogens is 228 g/mol. The number of aromatic nitrogens is 1. The molecule has 1 atom stereocenters. The highest BCUT2D eigenvalue weighted by atomic mass is 16.5. The lowest BCUT2D eigenvalue weighted by Gasteiger charge is -2.24. The SMILES string of the molecule is OCCCN(Cc1cccnc1)CC1CCCO1. The molecule has 1 aromatic heterocycles. The summed E-state index contributed by atoms with van der Waals surface area (Å²) in [6, 6.07) is 4.06. The zero-order chi connectivity index (χ0) is 12.6. The van der Waals surface area contributed by atoms with Crippen LogP contribution in [0.2, 0.25) is 0 Å². The van der Waals surface area contributed by atoms with E-state index in [1.54, 1.807) is 6.20 Å². The standard InChI is InChI=1S/C14H22N2O2/c17-8-3-7-16(12-14-5-2-9-18-14)11-13-4-1-6-15-10-13/h1,4,6,10,14,17H,2-3,5,7-9,11-12H2. The van der Waals surface area contributed by atoms with E-state index in [0.717, 1.165) is 39.1 Å². The second-order valence-corrected chi connectivity index (χ2v) is 4.81. The highest BCUT2D eigenvalue weighted by molar-refractivity contribution is 5.08. The molecule has 1 fully saturated rings. The molecule has 0 spiro atoms. The van der Waals surface area contributed by atoms with E-state index in [4.69, 9.17) is 9.84 Å². The highest BCUT2D eigenvalue weighted by Gasteiger charge is 2.19. The second-order valence-electron chi connectivity index (χ2n) is 4.81. The summed E-state index contributed by atoms with van der Waals surface area (Å²) in [7, 11) is 0. The van der Waals surface area contributed by atoms with Crippen molar-refractivity contribution in [1.29, 1.82) is 0 Å². The summed E-state index contributed by atoms with van der Waals surface area (Å²) < 4.78 is 5.68. The third kappa shape index (κ3) is 4.37. The normalized spacial score (nSPS) is 19.6. The van der Waals surface area contributed by atoms with E-state index in [1.807, 2.05) is 12.3 Å². The van der Waals surface area contributed by atoms with Crippen molar-refractivity contribution in [2.45, 2.75) is 31.9 Å². The van der Waals surface area contributed by atoms with Gasteiger partial charge in [-0.1, -0.05) is 6.07 Å². The average molecular weight is 250 g/mol. The number of aliphatic hydroxyl groups is 1. The first-order valence-corrected chi connectivity index (χ1v) is 6.72. The molecule has 2 rings (SSSR count). The topological polar surface area (TPSA) is 45.6 Å². The van der Waals surface area contributed by atoms with Gasteiger partial charge in [0.15, 0.2) is 0 Å². The Hall–Kier alpha value is -0.970. The van der Waals surface area contributed by atoms with Gasteiger partial charge in [-0.25, -0.2) is 0 Å². The molecule has 1 aromatic rings. The van der Waals surface area contributed by atoms with Gasteiger partial charge in [-0.3, -0.25) is 9.88 Å². The first kappa shape index (κ1) is 13.5. The Kier molecular flexibility index (Phi) is 5.58. The molecule has 2 heterocycles. The van der Waals surface area contributed by atoms with Crippen molar-refractivity contribution in [2.24, 2.45) is 0 Å². The zero-order valence-electron chi connectivity index (χ0n) is 10.8. The molecule has 0 aromatic carbocycles. The molecule has 18 heavy (non-hydrogen) atoms. The van der Waals surface area contributed by atoms with Gasteiger partial charge in [-0.2, -0.15) is 0 Å². The molecule has 1 saturated heterocycles. The number of hydrogen-bond donors (Lipinski definition) is 1. The van der Waals surface area contributed by atoms with Gasteiger partial charge in [0.2, 0.25) is 0 Å². The number of rotatable bonds is 7. The maximum Gasteiger partial charge on any atom is 0.0702 e. The first-order chi connectivity index (χ1) is 8.88. The number of hydrogen-bond acceptors (Lipinski definition) is 4. The zero-order valence-corrected chi connectivity index (χ0v) is 10.8. The minimum absolute atomic E-state index is 0.245. The molecule has 0 amide bonds. The number of ether oxygens (including phenoxy) is 1. The fraction of sp³-hybridized carbons (Fsp3) is 0.643. The van der Waals surface area contributed by atoms with E-state index in [-0.39, 0.29) is 6.61 Å². The molecule has 0 saturated carbocycles. The van der Waals surface area contributed by atoms with E-state index in [0.29, 0.717) is 6.10 Å².